The molecular formula is C32H26ClNO4. The predicted octanol–water partition coefficient (Wildman–Crippen LogP) is 6.79. The first-order chi connectivity index (χ1) is 18.5. The Balaban J connectivity index is 1.50. The topological polar surface area (TPSA) is 55.8 Å². The summed E-state index contributed by atoms with van der Waals surface area (Å²) in [6.07, 6.45) is 0. The first kappa shape index (κ1) is 25.3. The summed E-state index contributed by atoms with van der Waals surface area (Å²) >= 11 is 6.18. The van der Waals surface area contributed by atoms with E-state index in [0.29, 0.717) is 29.5 Å². The third kappa shape index (κ3) is 5.34. The van der Waals surface area contributed by atoms with Crippen molar-refractivity contribution in [3.05, 3.63) is 130 Å². The van der Waals surface area contributed by atoms with Crippen LogP contribution < -0.4 is 9.64 Å². The molecular weight excluding hydrogens is 498 g/mol. The van der Waals surface area contributed by atoms with E-state index in [1.165, 1.54) is 0 Å². The Bertz CT molecular complexity index is 1480. The highest BCUT2D eigenvalue weighted by Crippen LogP contribution is 2.43. The Morgan fingerprint density at radius 3 is 2.18 bits per heavy atom. The number of esters is 1. The number of para-hydroxylation sites is 1. The van der Waals surface area contributed by atoms with Crippen LogP contribution in [0.3, 0.4) is 0 Å². The van der Waals surface area contributed by atoms with Crippen molar-refractivity contribution in [2.75, 3.05) is 18.1 Å². The van der Waals surface area contributed by atoms with Crippen LogP contribution in [0, 0.1) is 0 Å². The minimum absolute atomic E-state index is 0.0670. The minimum atomic E-state index is -0.412. The molecule has 1 aliphatic rings. The van der Waals surface area contributed by atoms with Gasteiger partial charge < -0.3 is 14.4 Å². The van der Waals surface area contributed by atoms with Crippen molar-refractivity contribution in [3.8, 4) is 5.75 Å². The van der Waals surface area contributed by atoms with Crippen LogP contribution in [-0.2, 0) is 20.9 Å². The lowest BCUT2D eigenvalue weighted by atomic mass is 9.90. The zero-order valence-corrected chi connectivity index (χ0v) is 21.7. The smallest absolute Gasteiger partial charge is 0.344 e. The van der Waals surface area contributed by atoms with E-state index in [9.17, 15) is 9.59 Å². The summed E-state index contributed by atoms with van der Waals surface area (Å²) in [4.78, 5) is 27.5. The number of ether oxygens (including phenoxy) is 2. The van der Waals surface area contributed by atoms with Crippen LogP contribution in [0.15, 0.2) is 103 Å². The second kappa shape index (κ2) is 11.4. The molecule has 1 heterocycles. The first-order valence-electron chi connectivity index (χ1n) is 12.4. The monoisotopic (exact) mass is 523 g/mol. The zero-order valence-electron chi connectivity index (χ0n) is 20.9. The molecule has 190 valence electrons. The lowest BCUT2D eigenvalue weighted by Crippen LogP contribution is -2.26. The molecule has 4 aromatic rings. The van der Waals surface area contributed by atoms with Gasteiger partial charge in [-0.25, -0.2) is 4.79 Å². The number of amides is 1. The van der Waals surface area contributed by atoms with E-state index < -0.39 is 5.97 Å². The molecule has 0 atom stereocenters. The predicted molar refractivity (Wildman–Crippen MR) is 150 cm³/mol. The fourth-order valence-electron chi connectivity index (χ4n) is 4.57. The zero-order chi connectivity index (χ0) is 26.5. The Kier molecular flexibility index (Phi) is 7.57. The molecule has 5 nitrogen and oxygen atoms in total. The van der Waals surface area contributed by atoms with E-state index in [1.807, 2.05) is 91.0 Å². The van der Waals surface area contributed by atoms with Crippen LogP contribution in [-0.4, -0.2) is 25.1 Å². The standard InChI is InChI=1S/C32H26ClNO4/c1-2-37-29(35)21-38-26-18-12-22(13-19-26)20-34-28-11-7-6-10-27(28)31(32(34)36)30(23-8-4-3-5-9-23)24-14-16-25(33)17-15-24/h3-19H,2,20-21H2,1H3/b31-30+. The van der Waals surface area contributed by atoms with Crippen molar-refractivity contribution >= 4 is 40.3 Å². The van der Waals surface area contributed by atoms with Gasteiger partial charge in [-0.05, 0) is 53.9 Å². The minimum Gasteiger partial charge on any atom is -0.482 e. The first-order valence-corrected chi connectivity index (χ1v) is 12.8. The van der Waals surface area contributed by atoms with Gasteiger partial charge in [0.15, 0.2) is 6.61 Å². The van der Waals surface area contributed by atoms with Gasteiger partial charge in [0, 0.05) is 16.2 Å². The number of nitrogens with zero attached hydrogens (tertiary/aromatic N) is 1. The highest BCUT2D eigenvalue weighted by molar-refractivity contribution is 6.39. The molecule has 0 N–H and O–H groups in total. The highest BCUT2D eigenvalue weighted by atomic mass is 35.5. The van der Waals surface area contributed by atoms with Crippen molar-refractivity contribution in [1.82, 2.24) is 0 Å². The van der Waals surface area contributed by atoms with Crippen LogP contribution in [0.25, 0.3) is 11.1 Å². The van der Waals surface area contributed by atoms with Gasteiger partial charge in [0.1, 0.15) is 5.75 Å². The molecule has 0 saturated carbocycles. The van der Waals surface area contributed by atoms with Gasteiger partial charge in [-0.3, -0.25) is 4.79 Å². The van der Waals surface area contributed by atoms with Crippen molar-refractivity contribution in [2.45, 2.75) is 13.5 Å². The molecule has 0 unspecified atom stereocenters. The number of hydrogen-bond donors (Lipinski definition) is 0. The molecule has 0 radical (unpaired) electrons. The molecule has 0 bridgehead atoms. The number of carbonyl (C=O) groups is 2. The quantitative estimate of drug-likeness (QED) is 0.188. The van der Waals surface area contributed by atoms with Gasteiger partial charge in [-0.15, -0.1) is 0 Å². The summed E-state index contributed by atoms with van der Waals surface area (Å²) in [6, 6.07) is 32.8. The van der Waals surface area contributed by atoms with Crippen LogP contribution in [0.1, 0.15) is 29.2 Å². The Morgan fingerprint density at radius 2 is 1.47 bits per heavy atom. The Labute approximate surface area is 226 Å². The number of carbonyl (C=O) groups excluding carboxylic acids is 2. The highest BCUT2D eigenvalue weighted by Gasteiger charge is 2.35. The molecule has 4 aromatic carbocycles. The maximum Gasteiger partial charge on any atom is 0.344 e. The number of hydrogen-bond acceptors (Lipinski definition) is 4. The van der Waals surface area contributed by atoms with Gasteiger partial charge in [0.2, 0.25) is 0 Å². The fourth-order valence-corrected chi connectivity index (χ4v) is 4.70. The second-order valence-corrected chi connectivity index (χ2v) is 9.21. The van der Waals surface area contributed by atoms with E-state index in [2.05, 4.69) is 0 Å². The lowest BCUT2D eigenvalue weighted by molar-refractivity contribution is -0.145. The van der Waals surface area contributed by atoms with E-state index in [-0.39, 0.29) is 12.5 Å². The maximum atomic E-state index is 14.1. The summed E-state index contributed by atoms with van der Waals surface area (Å²) in [6.45, 7) is 2.31. The van der Waals surface area contributed by atoms with E-state index >= 15 is 0 Å². The molecule has 0 saturated heterocycles. The molecule has 0 spiro atoms. The third-order valence-corrected chi connectivity index (χ3v) is 6.55. The molecule has 38 heavy (non-hydrogen) atoms. The van der Waals surface area contributed by atoms with Gasteiger partial charge in [0.05, 0.1) is 24.4 Å². The molecule has 6 heteroatoms. The Morgan fingerprint density at radius 1 is 0.816 bits per heavy atom. The summed E-state index contributed by atoms with van der Waals surface area (Å²) in [5.74, 6) is 0.0809. The Hall–Kier alpha value is -4.35. The van der Waals surface area contributed by atoms with Crippen LogP contribution in [0.2, 0.25) is 5.02 Å². The van der Waals surface area contributed by atoms with Crippen LogP contribution in [0.5, 0.6) is 5.75 Å². The second-order valence-electron chi connectivity index (χ2n) is 8.77. The van der Waals surface area contributed by atoms with Crippen molar-refractivity contribution < 1.29 is 19.1 Å². The average Bonchev–Trinajstić information content (AvgIpc) is 3.21. The van der Waals surface area contributed by atoms with E-state index in [4.69, 9.17) is 21.1 Å². The van der Waals surface area contributed by atoms with Gasteiger partial charge >= 0.3 is 5.97 Å². The number of rotatable bonds is 8. The largest absolute Gasteiger partial charge is 0.482 e. The molecule has 0 aromatic heterocycles. The number of halogens is 1. The summed E-state index contributed by atoms with van der Waals surface area (Å²) in [7, 11) is 0. The number of fused-ring (bicyclic) bond motifs is 1. The van der Waals surface area contributed by atoms with Gasteiger partial charge in [0.25, 0.3) is 5.91 Å². The third-order valence-electron chi connectivity index (χ3n) is 6.29. The van der Waals surface area contributed by atoms with Gasteiger partial charge in [-0.2, -0.15) is 0 Å². The summed E-state index contributed by atoms with van der Waals surface area (Å²) < 4.78 is 10.4. The number of benzene rings is 4. The van der Waals surface area contributed by atoms with E-state index in [0.717, 1.165) is 33.5 Å². The molecule has 1 amide bonds. The van der Waals surface area contributed by atoms with Crippen molar-refractivity contribution in [1.29, 1.82) is 0 Å². The van der Waals surface area contributed by atoms with Gasteiger partial charge in [-0.1, -0.05) is 84.4 Å². The summed E-state index contributed by atoms with van der Waals surface area (Å²) in [5, 5.41) is 0.639. The van der Waals surface area contributed by atoms with E-state index in [1.54, 1.807) is 24.0 Å². The van der Waals surface area contributed by atoms with Crippen LogP contribution >= 0.6 is 11.6 Å². The molecule has 1 aliphatic heterocycles. The lowest BCUT2D eigenvalue weighted by Gasteiger charge is -2.18. The molecule has 0 aliphatic carbocycles. The van der Waals surface area contributed by atoms with Crippen molar-refractivity contribution in [2.24, 2.45) is 0 Å². The molecule has 0 fully saturated rings. The van der Waals surface area contributed by atoms with Crippen molar-refractivity contribution in [3.63, 3.8) is 0 Å². The fraction of sp³-hybridized carbons (Fsp3) is 0.125. The average molecular weight is 524 g/mol. The number of anilines is 1. The van der Waals surface area contributed by atoms with Crippen LogP contribution in [0.4, 0.5) is 5.69 Å². The summed E-state index contributed by atoms with van der Waals surface area (Å²) in [5.41, 5.74) is 6.08. The maximum absolute atomic E-state index is 14.1. The normalized spacial score (nSPS) is 13.7. The SMILES string of the molecule is CCOC(=O)COc1ccc(CN2C(=O)/C(=C(\c3ccccc3)c3ccc(Cl)cc3)c3ccccc32)cc1. The molecule has 5 rings (SSSR count).